The van der Waals surface area contributed by atoms with Crippen molar-refractivity contribution in [3.05, 3.63) is 91.1 Å². The summed E-state index contributed by atoms with van der Waals surface area (Å²) in [7, 11) is 0. The molecule has 0 amide bonds. The van der Waals surface area contributed by atoms with Gasteiger partial charge in [-0.15, -0.1) is 0 Å². The number of carboxylic acid groups (broad SMARTS) is 1. The Balaban J connectivity index is 0.000000400. The third-order valence-corrected chi connectivity index (χ3v) is 1.97. The van der Waals surface area contributed by atoms with E-state index in [1.54, 1.807) is 12.1 Å². The third kappa shape index (κ3) is 13.1. The zero-order chi connectivity index (χ0) is 15.8. The Morgan fingerprint density at radius 2 is 1.81 bits per heavy atom. The van der Waals surface area contributed by atoms with E-state index in [9.17, 15) is 4.79 Å². The molecule has 106 valence electrons. The van der Waals surface area contributed by atoms with Crippen LogP contribution in [0.15, 0.2) is 85.5 Å². The lowest BCUT2D eigenvalue weighted by molar-refractivity contribution is -0.131. The van der Waals surface area contributed by atoms with Crippen molar-refractivity contribution >= 4 is 12.0 Å². The van der Waals surface area contributed by atoms with E-state index < -0.39 is 5.97 Å². The second kappa shape index (κ2) is 13.3. The Morgan fingerprint density at radius 1 is 1.10 bits per heavy atom. The molecule has 3 heteroatoms. The van der Waals surface area contributed by atoms with Crippen molar-refractivity contribution < 1.29 is 9.90 Å². The Morgan fingerprint density at radius 3 is 2.38 bits per heavy atom. The van der Waals surface area contributed by atoms with Gasteiger partial charge in [0.1, 0.15) is 0 Å². The smallest absolute Gasteiger partial charge is 0.328 e. The second-order valence-corrected chi connectivity index (χ2v) is 3.58. The predicted octanol–water partition coefficient (Wildman–Crippen LogP) is 4.15. The van der Waals surface area contributed by atoms with Gasteiger partial charge in [-0.2, -0.15) is 5.26 Å². The molecule has 1 aromatic rings. The molecule has 0 radical (unpaired) electrons. The SMILES string of the molecule is C=CC=CC=Cc1ccccc1.N#CC=CC=CC(=O)O. The molecule has 0 spiro atoms. The van der Waals surface area contributed by atoms with E-state index in [1.807, 2.05) is 36.4 Å². The van der Waals surface area contributed by atoms with Crippen molar-refractivity contribution in [2.45, 2.75) is 0 Å². The van der Waals surface area contributed by atoms with Crippen LogP contribution in [-0.2, 0) is 4.79 Å². The molecule has 0 saturated carbocycles. The van der Waals surface area contributed by atoms with E-state index in [-0.39, 0.29) is 0 Å². The number of aliphatic carboxylic acids is 1. The van der Waals surface area contributed by atoms with Gasteiger partial charge in [0.15, 0.2) is 0 Å². The van der Waals surface area contributed by atoms with E-state index in [2.05, 4.69) is 24.8 Å². The molecule has 0 bridgehead atoms. The highest BCUT2D eigenvalue weighted by molar-refractivity contribution is 5.80. The number of rotatable bonds is 5. The highest BCUT2D eigenvalue weighted by atomic mass is 16.4. The largest absolute Gasteiger partial charge is 0.478 e. The molecular formula is C18H17NO2. The molecule has 1 aromatic carbocycles. The lowest BCUT2D eigenvalue weighted by Gasteiger charge is -1.87. The van der Waals surface area contributed by atoms with E-state index in [0.29, 0.717) is 0 Å². The van der Waals surface area contributed by atoms with Crippen molar-refractivity contribution in [1.82, 2.24) is 0 Å². The fraction of sp³-hybridized carbons (Fsp3) is 0. The van der Waals surface area contributed by atoms with Gasteiger partial charge >= 0.3 is 5.97 Å². The Labute approximate surface area is 125 Å². The van der Waals surface area contributed by atoms with Gasteiger partial charge in [0.05, 0.1) is 6.07 Å². The van der Waals surface area contributed by atoms with Gasteiger partial charge in [0.2, 0.25) is 0 Å². The number of hydrogen-bond acceptors (Lipinski definition) is 2. The van der Waals surface area contributed by atoms with Gasteiger partial charge in [-0.3, -0.25) is 0 Å². The summed E-state index contributed by atoms with van der Waals surface area (Å²) in [4.78, 5) is 9.76. The summed E-state index contributed by atoms with van der Waals surface area (Å²) in [6.45, 7) is 3.58. The number of nitriles is 1. The van der Waals surface area contributed by atoms with Crippen molar-refractivity contribution in [3.63, 3.8) is 0 Å². The molecule has 0 atom stereocenters. The summed E-state index contributed by atoms with van der Waals surface area (Å²) in [5, 5.41) is 15.9. The fourth-order valence-corrected chi connectivity index (χ4v) is 1.11. The number of benzene rings is 1. The second-order valence-electron chi connectivity index (χ2n) is 3.58. The molecule has 0 unspecified atom stereocenters. The van der Waals surface area contributed by atoms with Crippen LogP contribution in [-0.4, -0.2) is 11.1 Å². The van der Waals surface area contributed by atoms with Gasteiger partial charge in [-0.1, -0.05) is 79.4 Å². The Kier molecular flexibility index (Phi) is 11.3. The van der Waals surface area contributed by atoms with Crippen molar-refractivity contribution in [2.24, 2.45) is 0 Å². The normalized spacial score (nSPS) is 10.6. The maximum absolute atomic E-state index is 9.76. The van der Waals surface area contributed by atoms with Gasteiger partial charge in [-0.05, 0) is 5.56 Å². The number of carboxylic acids is 1. The highest BCUT2D eigenvalue weighted by Gasteiger charge is 1.79. The molecule has 1 N–H and O–H groups in total. The molecule has 0 aromatic heterocycles. The number of nitrogens with zero attached hydrogens (tertiary/aromatic N) is 1. The molecule has 0 saturated heterocycles. The molecule has 0 fully saturated rings. The summed E-state index contributed by atoms with van der Waals surface area (Å²) < 4.78 is 0. The van der Waals surface area contributed by atoms with Crippen LogP contribution < -0.4 is 0 Å². The van der Waals surface area contributed by atoms with E-state index in [0.717, 1.165) is 6.08 Å². The number of hydrogen-bond donors (Lipinski definition) is 1. The topological polar surface area (TPSA) is 61.1 Å². The van der Waals surface area contributed by atoms with Gasteiger partial charge in [-0.25, -0.2) is 4.79 Å². The van der Waals surface area contributed by atoms with Gasteiger partial charge < -0.3 is 5.11 Å². The molecule has 1 rings (SSSR count). The Hall–Kier alpha value is -3.12. The minimum Gasteiger partial charge on any atom is -0.478 e. The van der Waals surface area contributed by atoms with Crippen LogP contribution in [0.25, 0.3) is 6.08 Å². The first-order chi connectivity index (χ1) is 10.2. The molecule has 0 aliphatic rings. The fourth-order valence-electron chi connectivity index (χ4n) is 1.11. The number of carbonyl (C=O) groups is 1. The first-order valence-electron chi connectivity index (χ1n) is 6.17. The molecule has 3 nitrogen and oxygen atoms in total. The molecule has 21 heavy (non-hydrogen) atoms. The molecular weight excluding hydrogens is 262 g/mol. The van der Waals surface area contributed by atoms with Crippen LogP contribution in [0.2, 0.25) is 0 Å². The maximum atomic E-state index is 9.76. The van der Waals surface area contributed by atoms with Crippen LogP contribution in [0.3, 0.4) is 0 Å². The van der Waals surface area contributed by atoms with E-state index in [1.165, 1.54) is 23.8 Å². The van der Waals surface area contributed by atoms with Crippen LogP contribution in [0.1, 0.15) is 5.56 Å². The average Bonchev–Trinajstić information content (AvgIpc) is 2.50. The minimum absolute atomic E-state index is 0.952. The lowest BCUT2D eigenvalue weighted by Crippen LogP contribution is -1.84. The van der Waals surface area contributed by atoms with Crippen LogP contribution in [0.5, 0.6) is 0 Å². The molecule has 0 aliphatic carbocycles. The first kappa shape index (κ1) is 17.9. The van der Waals surface area contributed by atoms with Crippen LogP contribution >= 0.6 is 0 Å². The van der Waals surface area contributed by atoms with Gasteiger partial charge in [0.25, 0.3) is 0 Å². The maximum Gasteiger partial charge on any atom is 0.328 e. The summed E-state index contributed by atoms with van der Waals surface area (Å²) >= 11 is 0. The van der Waals surface area contributed by atoms with E-state index in [4.69, 9.17) is 10.4 Å². The van der Waals surface area contributed by atoms with Crippen molar-refractivity contribution in [2.75, 3.05) is 0 Å². The van der Waals surface area contributed by atoms with Gasteiger partial charge in [0, 0.05) is 12.2 Å². The molecule has 0 heterocycles. The quantitative estimate of drug-likeness (QED) is 0.500. The summed E-state index contributed by atoms with van der Waals surface area (Å²) in [6, 6.07) is 11.9. The summed E-state index contributed by atoms with van der Waals surface area (Å²) in [5.41, 5.74) is 1.21. The monoisotopic (exact) mass is 279 g/mol. The zero-order valence-corrected chi connectivity index (χ0v) is 11.6. The third-order valence-electron chi connectivity index (χ3n) is 1.97. The standard InChI is InChI=1S/C12H12.C6H5NO2/c1-2-3-4-6-9-12-10-7-5-8-11-12;7-5-3-1-2-4-6(8)9/h2-11H,1H2;1-4H,(H,8,9). The van der Waals surface area contributed by atoms with Crippen molar-refractivity contribution in [1.29, 1.82) is 5.26 Å². The highest BCUT2D eigenvalue weighted by Crippen LogP contribution is 2.00. The number of allylic oxidation sites excluding steroid dienone is 7. The van der Waals surface area contributed by atoms with E-state index >= 15 is 0 Å². The summed E-state index contributed by atoms with van der Waals surface area (Å²) in [5.74, 6) is -1.02. The Bertz CT molecular complexity index is 573. The predicted molar refractivity (Wildman–Crippen MR) is 86.3 cm³/mol. The molecule has 0 aliphatic heterocycles. The van der Waals surface area contributed by atoms with Crippen molar-refractivity contribution in [3.8, 4) is 6.07 Å². The summed E-state index contributed by atoms with van der Waals surface area (Å²) in [6.07, 6.45) is 14.5. The van der Waals surface area contributed by atoms with Crippen LogP contribution in [0.4, 0.5) is 0 Å². The first-order valence-corrected chi connectivity index (χ1v) is 6.17. The lowest BCUT2D eigenvalue weighted by atomic mass is 10.2. The van der Waals surface area contributed by atoms with Crippen LogP contribution in [0, 0.1) is 11.3 Å². The zero-order valence-electron chi connectivity index (χ0n) is 11.6. The average molecular weight is 279 g/mol. The minimum atomic E-state index is -1.02.